The van der Waals surface area contributed by atoms with Gasteiger partial charge in [0.1, 0.15) is 0 Å². The number of hydrogen-bond donors (Lipinski definition) is 0. The van der Waals surface area contributed by atoms with Crippen LogP contribution in [0.1, 0.15) is 0 Å². The van der Waals surface area contributed by atoms with Gasteiger partial charge in [-0.05, 0) is 6.92 Å². The van der Waals surface area contributed by atoms with Crippen molar-refractivity contribution in [1.29, 1.82) is 0 Å². The van der Waals surface area contributed by atoms with Crippen molar-refractivity contribution in [3.05, 3.63) is 6.92 Å². The lowest BCUT2D eigenvalue weighted by atomic mass is 10.8. The van der Waals surface area contributed by atoms with Crippen LogP contribution in [0.4, 0.5) is 0 Å². The van der Waals surface area contributed by atoms with E-state index in [1.54, 1.807) is 0 Å². The van der Waals surface area contributed by atoms with Gasteiger partial charge in [0.15, 0.2) is 5.91 Å². The number of hydrogen-bond acceptors (Lipinski definition) is 3. The molecule has 0 unspecified atom stereocenters. The topological polar surface area (TPSA) is 27.7 Å². The van der Waals surface area contributed by atoms with Crippen LogP contribution < -0.4 is 0 Å². The van der Waals surface area contributed by atoms with Crippen LogP contribution >= 0.6 is 0 Å². The maximum absolute atomic E-state index is 5.14. The highest BCUT2D eigenvalue weighted by molar-refractivity contribution is 6.28. The predicted molar refractivity (Wildman–Crippen MR) is 35.5 cm³/mol. The normalized spacial score (nSPS) is 22.3. The largest absolute Gasteiger partial charge is 0.418 e. The summed E-state index contributed by atoms with van der Waals surface area (Å²) in [5.41, 5.74) is 0. The molecule has 1 aliphatic heterocycles. The Kier molecular flexibility index (Phi) is 3.20. The molecule has 3 nitrogen and oxygen atoms in total. The van der Waals surface area contributed by atoms with Crippen LogP contribution in [-0.2, 0) is 13.9 Å². The Hall–Kier alpha value is 0.0969. The van der Waals surface area contributed by atoms with Crippen LogP contribution in [0.3, 0.4) is 0 Å². The molecule has 1 saturated heterocycles. The first-order valence-electron chi connectivity index (χ1n) is 3.03. The van der Waals surface area contributed by atoms with E-state index < -0.39 is 9.76 Å². The van der Waals surface area contributed by atoms with E-state index >= 15 is 0 Å². The Bertz CT molecular complexity index is 72.6. The molecule has 0 spiro atoms. The van der Waals surface area contributed by atoms with Crippen molar-refractivity contribution in [3.8, 4) is 0 Å². The fourth-order valence-corrected chi connectivity index (χ4v) is 1.57. The standard InChI is InChI=1S/C5H11O3Si/c1-2-8-9-5-6-3-4-7-5/h5H,1-4,9H2. The first-order valence-corrected chi connectivity index (χ1v) is 4.43. The molecule has 9 heavy (non-hydrogen) atoms. The summed E-state index contributed by atoms with van der Waals surface area (Å²) < 4.78 is 15.4. The minimum absolute atomic E-state index is 0.00764. The third-order valence-electron chi connectivity index (χ3n) is 1.09. The lowest BCUT2D eigenvalue weighted by Crippen LogP contribution is -2.20. The molecule has 1 fully saturated rings. The Morgan fingerprint density at radius 3 is 2.78 bits per heavy atom. The third-order valence-corrected chi connectivity index (χ3v) is 2.36. The van der Waals surface area contributed by atoms with E-state index in [1.807, 2.05) is 0 Å². The second-order valence-electron chi connectivity index (χ2n) is 1.75. The van der Waals surface area contributed by atoms with Crippen LogP contribution in [-0.4, -0.2) is 35.5 Å². The highest BCUT2D eigenvalue weighted by Crippen LogP contribution is 2.00. The van der Waals surface area contributed by atoms with Gasteiger partial charge in [-0.1, -0.05) is 0 Å². The van der Waals surface area contributed by atoms with Crippen molar-refractivity contribution in [3.63, 3.8) is 0 Å². The highest BCUT2D eigenvalue weighted by atomic mass is 28.2. The summed E-state index contributed by atoms with van der Waals surface area (Å²) in [6, 6.07) is 0. The molecule has 0 aromatic carbocycles. The zero-order chi connectivity index (χ0) is 6.53. The maximum Gasteiger partial charge on any atom is 0.223 e. The van der Waals surface area contributed by atoms with Crippen LogP contribution in [0.5, 0.6) is 0 Å². The molecule has 1 rings (SSSR count). The SMILES string of the molecule is [CH2]CO[SiH2]C1OCCO1. The average molecular weight is 147 g/mol. The minimum Gasteiger partial charge on any atom is -0.418 e. The highest BCUT2D eigenvalue weighted by Gasteiger charge is 2.15. The molecule has 0 aliphatic carbocycles. The Morgan fingerprint density at radius 1 is 1.56 bits per heavy atom. The first-order chi connectivity index (χ1) is 4.43. The zero-order valence-electron chi connectivity index (χ0n) is 5.34. The smallest absolute Gasteiger partial charge is 0.223 e. The van der Waals surface area contributed by atoms with E-state index in [0.29, 0.717) is 6.61 Å². The van der Waals surface area contributed by atoms with Crippen molar-refractivity contribution in [1.82, 2.24) is 0 Å². The van der Waals surface area contributed by atoms with E-state index in [0.717, 1.165) is 13.2 Å². The van der Waals surface area contributed by atoms with Gasteiger partial charge in [-0.15, -0.1) is 0 Å². The summed E-state index contributed by atoms with van der Waals surface area (Å²) in [5.74, 6) is -0.00764. The molecule has 0 aromatic rings. The summed E-state index contributed by atoms with van der Waals surface area (Å²) in [4.78, 5) is 0. The molecular formula is C5H11O3Si. The molecule has 0 aromatic heterocycles. The second-order valence-corrected chi connectivity index (χ2v) is 3.15. The summed E-state index contributed by atoms with van der Waals surface area (Å²) in [6.45, 7) is 5.53. The Labute approximate surface area is 57.2 Å². The summed E-state index contributed by atoms with van der Waals surface area (Å²) in [5, 5.41) is 0. The monoisotopic (exact) mass is 147 g/mol. The molecule has 53 valence electrons. The average Bonchev–Trinajstić information content (AvgIpc) is 2.34. The molecule has 1 aliphatic rings. The Balaban J connectivity index is 1.98. The lowest BCUT2D eigenvalue weighted by molar-refractivity contribution is 0.0128. The molecule has 1 heterocycles. The van der Waals surface area contributed by atoms with Crippen molar-refractivity contribution < 1.29 is 13.9 Å². The first kappa shape index (κ1) is 7.21. The van der Waals surface area contributed by atoms with Crippen molar-refractivity contribution in [2.45, 2.75) is 5.91 Å². The van der Waals surface area contributed by atoms with Crippen molar-refractivity contribution >= 4 is 9.76 Å². The molecular weight excluding hydrogens is 136 g/mol. The van der Waals surface area contributed by atoms with Gasteiger partial charge >= 0.3 is 0 Å². The molecule has 0 N–H and O–H groups in total. The molecule has 4 heteroatoms. The molecule has 0 saturated carbocycles. The zero-order valence-corrected chi connectivity index (χ0v) is 6.75. The van der Waals surface area contributed by atoms with Crippen molar-refractivity contribution in [2.24, 2.45) is 0 Å². The number of ether oxygens (including phenoxy) is 2. The molecule has 0 atom stereocenters. The Morgan fingerprint density at radius 2 is 2.22 bits per heavy atom. The summed E-state index contributed by atoms with van der Waals surface area (Å²) >= 11 is 0. The molecule has 0 bridgehead atoms. The molecule has 0 amide bonds. The van der Waals surface area contributed by atoms with Gasteiger partial charge in [0.2, 0.25) is 9.76 Å². The fraction of sp³-hybridized carbons (Fsp3) is 0.800. The van der Waals surface area contributed by atoms with Gasteiger partial charge in [-0.3, -0.25) is 0 Å². The molecule has 1 radical (unpaired) electrons. The number of rotatable bonds is 3. The van der Waals surface area contributed by atoms with E-state index in [2.05, 4.69) is 6.92 Å². The van der Waals surface area contributed by atoms with Gasteiger partial charge in [0, 0.05) is 6.61 Å². The predicted octanol–water partition coefficient (Wildman–Crippen LogP) is -0.749. The minimum atomic E-state index is -0.619. The summed E-state index contributed by atoms with van der Waals surface area (Å²) in [6.07, 6.45) is 0. The quantitative estimate of drug-likeness (QED) is 0.492. The van der Waals surface area contributed by atoms with Gasteiger partial charge in [-0.2, -0.15) is 0 Å². The van der Waals surface area contributed by atoms with Crippen LogP contribution in [0.2, 0.25) is 0 Å². The summed E-state index contributed by atoms with van der Waals surface area (Å²) in [7, 11) is -0.619. The van der Waals surface area contributed by atoms with Crippen LogP contribution in [0.15, 0.2) is 0 Å². The van der Waals surface area contributed by atoms with Gasteiger partial charge < -0.3 is 13.9 Å². The van der Waals surface area contributed by atoms with E-state index in [1.165, 1.54) is 0 Å². The fourth-order valence-electron chi connectivity index (χ4n) is 0.683. The van der Waals surface area contributed by atoms with E-state index in [9.17, 15) is 0 Å². The lowest BCUT2D eigenvalue weighted by Gasteiger charge is -2.06. The van der Waals surface area contributed by atoms with Gasteiger partial charge in [0.05, 0.1) is 13.2 Å². The second kappa shape index (κ2) is 4.00. The van der Waals surface area contributed by atoms with Crippen molar-refractivity contribution in [2.75, 3.05) is 19.8 Å². The van der Waals surface area contributed by atoms with E-state index in [-0.39, 0.29) is 5.91 Å². The van der Waals surface area contributed by atoms with Crippen LogP contribution in [0, 0.1) is 6.92 Å². The van der Waals surface area contributed by atoms with E-state index in [4.69, 9.17) is 13.9 Å². The van der Waals surface area contributed by atoms with Gasteiger partial charge in [0.25, 0.3) is 0 Å². The van der Waals surface area contributed by atoms with Crippen LogP contribution in [0.25, 0.3) is 0 Å². The maximum atomic E-state index is 5.14. The third kappa shape index (κ3) is 2.44. The van der Waals surface area contributed by atoms with Gasteiger partial charge in [-0.25, -0.2) is 0 Å².